The van der Waals surface area contributed by atoms with Crippen LogP contribution >= 0.6 is 11.6 Å². The molecule has 0 atom stereocenters. The Balaban J connectivity index is 2.03. The number of esters is 1. The lowest BCUT2D eigenvalue weighted by atomic mass is 9.96. The second kappa shape index (κ2) is 6.12. The molecule has 0 radical (unpaired) electrons. The summed E-state index contributed by atoms with van der Waals surface area (Å²) in [6, 6.07) is 9.86. The molecule has 1 aromatic heterocycles. The van der Waals surface area contributed by atoms with Gasteiger partial charge in [0, 0.05) is 11.6 Å². The largest absolute Gasteiger partial charge is 0.465 e. The fraction of sp³-hybridized carbons (Fsp3) is 0.200. The van der Waals surface area contributed by atoms with Crippen LogP contribution in [0.25, 0.3) is 22.0 Å². The fourth-order valence-electron chi connectivity index (χ4n) is 3.15. The van der Waals surface area contributed by atoms with Crippen molar-refractivity contribution in [3.8, 4) is 11.3 Å². The summed E-state index contributed by atoms with van der Waals surface area (Å²) in [5, 5.41) is 1.97. The van der Waals surface area contributed by atoms with Crippen LogP contribution < -0.4 is 0 Å². The summed E-state index contributed by atoms with van der Waals surface area (Å²) >= 11 is 6.24. The normalized spacial score (nSPS) is 13.9. The summed E-state index contributed by atoms with van der Waals surface area (Å²) in [7, 11) is 1.33. The van der Waals surface area contributed by atoms with E-state index >= 15 is 0 Å². The van der Waals surface area contributed by atoms with E-state index in [1.807, 2.05) is 6.07 Å². The van der Waals surface area contributed by atoms with Crippen molar-refractivity contribution in [2.75, 3.05) is 7.11 Å². The van der Waals surface area contributed by atoms with E-state index in [0.717, 1.165) is 23.8 Å². The number of pyridine rings is 1. The van der Waals surface area contributed by atoms with Gasteiger partial charge in [-0.3, -0.25) is 4.98 Å². The zero-order valence-corrected chi connectivity index (χ0v) is 14.3. The van der Waals surface area contributed by atoms with Crippen LogP contribution in [0.1, 0.15) is 34.7 Å². The van der Waals surface area contributed by atoms with E-state index in [-0.39, 0.29) is 10.6 Å². The number of aromatic nitrogens is 1. The molecule has 126 valence electrons. The average Bonchev–Trinajstić information content (AvgIpc) is 3.45. The molecule has 25 heavy (non-hydrogen) atoms. The lowest BCUT2D eigenvalue weighted by Crippen LogP contribution is -2.02. The van der Waals surface area contributed by atoms with Gasteiger partial charge >= 0.3 is 5.97 Å². The number of ether oxygens (including phenoxy) is 1. The molecule has 1 saturated carbocycles. The molecule has 1 aliphatic carbocycles. The average molecular weight is 356 g/mol. The van der Waals surface area contributed by atoms with Crippen LogP contribution in [0, 0.1) is 5.82 Å². The quantitative estimate of drug-likeness (QED) is 0.594. The number of carbonyl (C=O) groups excluding carboxylic acids is 1. The highest BCUT2D eigenvalue weighted by Crippen LogP contribution is 2.45. The van der Waals surface area contributed by atoms with E-state index in [1.54, 1.807) is 30.5 Å². The molecular formula is C20H15ClFNO2. The summed E-state index contributed by atoms with van der Waals surface area (Å²) in [5.41, 5.74) is 2.22. The van der Waals surface area contributed by atoms with Crippen LogP contribution in [0.5, 0.6) is 0 Å². The molecule has 1 heterocycles. The first-order valence-corrected chi connectivity index (χ1v) is 8.43. The highest BCUT2D eigenvalue weighted by Gasteiger charge is 2.27. The summed E-state index contributed by atoms with van der Waals surface area (Å²) in [6.45, 7) is 0. The molecule has 0 amide bonds. The van der Waals surface area contributed by atoms with Crippen molar-refractivity contribution >= 4 is 28.3 Å². The van der Waals surface area contributed by atoms with Crippen LogP contribution in [-0.2, 0) is 4.74 Å². The van der Waals surface area contributed by atoms with E-state index < -0.39 is 11.8 Å². The van der Waals surface area contributed by atoms with Gasteiger partial charge in [-0.25, -0.2) is 9.18 Å². The topological polar surface area (TPSA) is 39.2 Å². The van der Waals surface area contributed by atoms with Gasteiger partial charge in [-0.05, 0) is 54.0 Å². The van der Waals surface area contributed by atoms with Gasteiger partial charge < -0.3 is 4.74 Å². The Kier molecular flexibility index (Phi) is 3.92. The Bertz CT molecular complexity index is 978. The summed E-state index contributed by atoms with van der Waals surface area (Å²) in [6.07, 6.45) is 4.04. The third-order valence-corrected chi connectivity index (χ3v) is 4.87. The van der Waals surface area contributed by atoms with Crippen molar-refractivity contribution in [3.05, 3.63) is 64.6 Å². The van der Waals surface area contributed by atoms with Crippen molar-refractivity contribution in [3.63, 3.8) is 0 Å². The van der Waals surface area contributed by atoms with E-state index in [2.05, 4.69) is 4.98 Å². The number of hydrogen-bond donors (Lipinski definition) is 0. The molecule has 3 aromatic rings. The van der Waals surface area contributed by atoms with Crippen molar-refractivity contribution in [2.45, 2.75) is 18.8 Å². The predicted octanol–water partition coefficient (Wildman–Crippen LogP) is 5.36. The summed E-state index contributed by atoms with van der Waals surface area (Å²) in [5.74, 6) is -0.405. The van der Waals surface area contributed by atoms with Gasteiger partial charge in [-0.15, -0.1) is 0 Å². The highest BCUT2D eigenvalue weighted by molar-refractivity contribution is 6.33. The Hall–Kier alpha value is -2.46. The number of methoxy groups -OCH3 is 1. The van der Waals surface area contributed by atoms with Crippen molar-refractivity contribution < 1.29 is 13.9 Å². The zero-order valence-electron chi connectivity index (χ0n) is 13.6. The Morgan fingerprint density at radius 2 is 2.04 bits per heavy atom. The second-order valence-corrected chi connectivity index (χ2v) is 6.59. The van der Waals surface area contributed by atoms with Gasteiger partial charge in [0.2, 0.25) is 0 Å². The van der Waals surface area contributed by atoms with E-state index in [4.69, 9.17) is 16.3 Å². The molecule has 1 fully saturated rings. The first kappa shape index (κ1) is 16.0. The van der Waals surface area contributed by atoms with Crippen molar-refractivity contribution in [2.24, 2.45) is 0 Å². The number of hydrogen-bond acceptors (Lipinski definition) is 3. The molecule has 0 spiro atoms. The van der Waals surface area contributed by atoms with Gasteiger partial charge in [0.25, 0.3) is 0 Å². The minimum atomic E-state index is -0.441. The standard InChI is InChI=1S/C20H15ClFNO2/c1-25-20(24)12-7-8-13-14(9-12)19(23-10-15(13)11-5-6-11)18-16(21)3-2-4-17(18)22/h2-4,7-11H,5-6H2,1H3. The van der Waals surface area contributed by atoms with Gasteiger partial charge in [-0.2, -0.15) is 0 Å². The SMILES string of the molecule is COC(=O)c1ccc2c(C3CC3)cnc(-c3c(F)cccc3Cl)c2c1. The molecular weight excluding hydrogens is 341 g/mol. The molecule has 5 heteroatoms. The third-order valence-electron chi connectivity index (χ3n) is 4.56. The van der Waals surface area contributed by atoms with Crippen LogP contribution in [-0.4, -0.2) is 18.1 Å². The molecule has 0 saturated heterocycles. The Labute approximate surface area is 149 Å². The Morgan fingerprint density at radius 1 is 1.24 bits per heavy atom. The smallest absolute Gasteiger partial charge is 0.337 e. The van der Waals surface area contributed by atoms with Crippen LogP contribution in [0.15, 0.2) is 42.6 Å². The highest BCUT2D eigenvalue weighted by atomic mass is 35.5. The monoisotopic (exact) mass is 355 g/mol. The lowest BCUT2D eigenvalue weighted by molar-refractivity contribution is 0.0601. The number of carbonyl (C=O) groups is 1. The number of halogens is 2. The zero-order chi connectivity index (χ0) is 17.6. The fourth-order valence-corrected chi connectivity index (χ4v) is 3.41. The van der Waals surface area contributed by atoms with E-state index in [9.17, 15) is 9.18 Å². The molecule has 0 bridgehead atoms. The minimum absolute atomic E-state index is 0.249. The van der Waals surface area contributed by atoms with Gasteiger partial charge in [0.15, 0.2) is 0 Å². The molecule has 3 nitrogen and oxygen atoms in total. The van der Waals surface area contributed by atoms with Gasteiger partial charge in [0.05, 0.1) is 29.0 Å². The number of fused-ring (bicyclic) bond motifs is 1. The maximum Gasteiger partial charge on any atom is 0.337 e. The van der Waals surface area contributed by atoms with E-state index in [0.29, 0.717) is 22.6 Å². The first-order valence-electron chi connectivity index (χ1n) is 8.05. The van der Waals surface area contributed by atoms with Crippen molar-refractivity contribution in [1.29, 1.82) is 0 Å². The van der Waals surface area contributed by atoms with E-state index in [1.165, 1.54) is 13.2 Å². The van der Waals surface area contributed by atoms with Crippen LogP contribution in [0.3, 0.4) is 0 Å². The van der Waals surface area contributed by atoms with Crippen LogP contribution in [0.2, 0.25) is 5.02 Å². The predicted molar refractivity (Wildman–Crippen MR) is 95.5 cm³/mol. The Morgan fingerprint density at radius 3 is 2.72 bits per heavy atom. The molecule has 1 aliphatic rings. The van der Waals surface area contributed by atoms with Gasteiger partial charge in [0.1, 0.15) is 5.82 Å². The van der Waals surface area contributed by atoms with Gasteiger partial charge in [-0.1, -0.05) is 23.7 Å². The maximum atomic E-state index is 14.4. The summed E-state index contributed by atoms with van der Waals surface area (Å²) < 4.78 is 19.3. The number of nitrogens with zero attached hydrogens (tertiary/aromatic N) is 1. The molecule has 0 N–H and O–H groups in total. The molecule has 2 aromatic carbocycles. The maximum absolute atomic E-state index is 14.4. The lowest BCUT2D eigenvalue weighted by Gasteiger charge is -2.13. The number of benzene rings is 2. The van der Waals surface area contributed by atoms with Crippen molar-refractivity contribution in [1.82, 2.24) is 4.98 Å². The summed E-state index contributed by atoms with van der Waals surface area (Å²) in [4.78, 5) is 16.4. The first-order chi connectivity index (χ1) is 12.1. The number of rotatable bonds is 3. The minimum Gasteiger partial charge on any atom is -0.465 e. The molecule has 0 unspecified atom stereocenters. The molecule has 0 aliphatic heterocycles. The second-order valence-electron chi connectivity index (χ2n) is 6.19. The molecule has 4 rings (SSSR count). The third kappa shape index (κ3) is 2.76. The van der Waals surface area contributed by atoms with Crippen LogP contribution in [0.4, 0.5) is 4.39 Å².